The van der Waals surface area contributed by atoms with Crippen LogP contribution in [-0.2, 0) is 0 Å². The van der Waals surface area contributed by atoms with E-state index in [1.54, 1.807) is 24.3 Å². The van der Waals surface area contributed by atoms with Gasteiger partial charge in [-0.3, -0.25) is 0 Å². The summed E-state index contributed by atoms with van der Waals surface area (Å²) in [6.07, 6.45) is 25.6. The maximum atomic E-state index is 12.6. The Morgan fingerprint density at radius 2 is 1.24 bits per heavy atom. The van der Waals surface area contributed by atoms with Gasteiger partial charge in [-0.25, -0.2) is 4.79 Å². The Morgan fingerprint density at radius 1 is 0.683 bits per heavy atom. The van der Waals surface area contributed by atoms with E-state index in [4.69, 9.17) is 14.2 Å². The molecule has 0 spiro atoms. The fraction of sp³-hybridized carbons (Fsp3) is 0.595. The quantitative estimate of drug-likeness (QED) is 0.0697. The summed E-state index contributed by atoms with van der Waals surface area (Å²) in [4.78, 5) is 12.6. The molecule has 0 N–H and O–H groups in total. The first-order valence-corrected chi connectivity index (χ1v) is 16.5. The van der Waals surface area contributed by atoms with Crippen LogP contribution in [0.2, 0.25) is 0 Å². The zero-order valence-electron chi connectivity index (χ0n) is 25.8. The second-order valence-corrected chi connectivity index (χ2v) is 11.7. The van der Waals surface area contributed by atoms with Gasteiger partial charge < -0.3 is 14.2 Å². The second-order valence-electron chi connectivity index (χ2n) is 11.7. The molecule has 0 saturated heterocycles. The molecule has 0 unspecified atom stereocenters. The summed E-state index contributed by atoms with van der Waals surface area (Å²) in [6, 6.07) is 14.4. The summed E-state index contributed by atoms with van der Waals surface area (Å²) in [5, 5.41) is 0. The first-order valence-electron chi connectivity index (χ1n) is 16.5. The maximum absolute atomic E-state index is 12.6. The van der Waals surface area contributed by atoms with Gasteiger partial charge in [-0.1, -0.05) is 96.6 Å². The molecule has 0 heterocycles. The van der Waals surface area contributed by atoms with Crippen LogP contribution in [0.3, 0.4) is 0 Å². The number of benzene rings is 2. The minimum atomic E-state index is -0.378. The van der Waals surface area contributed by atoms with Crippen LogP contribution >= 0.6 is 0 Å². The van der Waals surface area contributed by atoms with Gasteiger partial charge in [-0.15, -0.1) is 0 Å². The molecule has 0 amide bonds. The van der Waals surface area contributed by atoms with Gasteiger partial charge in [0.2, 0.25) is 0 Å². The lowest BCUT2D eigenvalue weighted by Crippen LogP contribution is -2.13. The SMILES string of the molecule is CCCCCCCCCCOc1ccc(C(=O)Oc2ccc(OC/C=C/C3CCC(CCCCC)CC3)cc2)cc1. The Morgan fingerprint density at radius 3 is 1.93 bits per heavy atom. The summed E-state index contributed by atoms with van der Waals surface area (Å²) in [6.45, 7) is 5.80. The molecule has 1 saturated carbocycles. The molecule has 4 nitrogen and oxygen atoms in total. The van der Waals surface area contributed by atoms with Crippen LogP contribution in [0, 0.1) is 11.8 Å². The number of ether oxygens (including phenoxy) is 3. The highest BCUT2D eigenvalue weighted by molar-refractivity contribution is 5.91. The Labute approximate surface area is 249 Å². The van der Waals surface area contributed by atoms with Crippen molar-refractivity contribution in [2.75, 3.05) is 13.2 Å². The molecule has 1 fully saturated rings. The Hall–Kier alpha value is -2.75. The van der Waals surface area contributed by atoms with E-state index in [-0.39, 0.29) is 5.97 Å². The Kier molecular flexibility index (Phi) is 16.1. The smallest absolute Gasteiger partial charge is 0.343 e. The van der Waals surface area contributed by atoms with Crippen LogP contribution < -0.4 is 14.2 Å². The predicted octanol–water partition coefficient (Wildman–Crippen LogP) is 10.7. The molecule has 1 aliphatic carbocycles. The number of rotatable bonds is 20. The van der Waals surface area contributed by atoms with Crippen LogP contribution in [0.25, 0.3) is 0 Å². The molecule has 4 heteroatoms. The van der Waals surface area contributed by atoms with Crippen molar-refractivity contribution in [1.82, 2.24) is 0 Å². The van der Waals surface area contributed by atoms with Gasteiger partial charge in [0.1, 0.15) is 23.9 Å². The lowest BCUT2D eigenvalue weighted by atomic mass is 9.79. The van der Waals surface area contributed by atoms with Crippen molar-refractivity contribution in [3.63, 3.8) is 0 Å². The van der Waals surface area contributed by atoms with Crippen molar-refractivity contribution < 1.29 is 19.0 Å². The average molecular weight is 563 g/mol. The van der Waals surface area contributed by atoms with E-state index in [2.05, 4.69) is 26.0 Å². The van der Waals surface area contributed by atoms with Crippen molar-refractivity contribution in [2.24, 2.45) is 11.8 Å². The average Bonchev–Trinajstić information content (AvgIpc) is 3.00. The van der Waals surface area contributed by atoms with Crippen molar-refractivity contribution in [2.45, 2.75) is 117 Å². The fourth-order valence-electron chi connectivity index (χ4n) is 5.63. The van der Waals surface area contributed by atoms with Crippen LogP contribution in [0.1, 0.15) is 127 Å². The molecule has 3 rings (SSSR count). The van der Waals surface area contributed by atoms with Crippen molar-refractivity contribution in [1.29, 1.82) is 0 Å². The van der Waals surface area contributed by atoms with Gasteiger partial charge in [0, 0.05) is 0 Å². The molecule has 1 aliphatic rings. The number of unbranched alkanes of at least 4 members (excludes halogenated alkanes) is 9. The predicted molar refractivity (Wildman–Crippen MR) is 170 cm³/mol. The van der Waals surface area contributed by atoms with Gasteiger partial charge in [0.15, 0.2) is 0 Å². The minimum absolute atomic E-state index is 0.378. The molecule has 2 aromatic carbocycles. The highest BCUT2D eigenvalue weighted by Crippen LogP contribution is 2.32. The van der Waals surface area contributed by atoms with Gasteiger partial charge in [-0.2, -0.15) is 0 Å². The van der Waals surface area contributed by atoms with Crippen LogP contribution in [0.4, 0.5) is 0 Å². The van der Waals surface area contributed by atoms with Gasteiger partial charge in [-0.05, 0) is 92.5 Å². The van der Waals surface area contributed by atoms with Crippen LogP contribution in [0.5, 0.6) is 17.2 Å². The van der Waals surface area contributed by atoms with Crippen LogP contribution in [0.15, 0.2) is 60.7 Å². The molecule has 226 valence electrons. The lowest BCUT2D eigenvalue weighted by Gasteiger charge is -2.26. The van der Waals surface area contributed by atoms with Crippen LogP contribution in [-0.4, -0.2) is 19.2 Å². The third kappa shape index (κ3) is 13.6. The van der Waals surface area contributed by atoms with E-state index >= 15 is 0 Å². The zero-order chi connectivity index (χ0) is 29.0. The number of carbonyl (C=O) groups is 1. The van der Waals surface area contributed by atoms with E-state index in [0.29, 0.717) is 30.4 Å². The molecule has 0 radical (unpaired) electrons. The molecular weight excluding hydrogens is 508 g/mol. The van der Waals surface area contributed by atoms with Gasteiger partial charge in [0.25, 0.3) is 0 Å². The van der Waals surface area contributed by atoms with E-state index in [9.17, 15) is 4.79 Å². The third-order valence-electron chi connectivity index (χ3n) is 8.25. The number of carbonyl (C=O) groups excluding carboxylic acids is 1. The zero-order valence-corrected chi connectivity index (χ0v) is 25.8. The number of esters is 1. The largest absolute Gasteiger partial charge is 0.494 e. The topological polar surface area (TPSA) is 44.8 Å². The summed E-state index contributed by atoms with van der Waals surface area (Å²) in [7, 11) is 0. The number of hydrogen-bond donors (Lipinski definition) is 0. The highest BCUT2D eigenvalue weighted by Gasteiger charge is 2.18. The first kappa shape index (κ1) is 32.8. The van der Waals surface area contributed by atoms with E-state index in [0.717, 1.165) is 23.8 Å². The fourth-order valence-corrected chi connectivity index (χ4v) is 5.63. The van der Waals surface area contributed by atoms with Gasteiger partial charge >= 0.3 is 5.97 Å². The number of allylic oxidation sites excluding steroid dienone is 1. The number of hydrogen-bond acceptors (Lipinski definition) is 4. The van der Waals surface area contributed by atoms with Crippen molar-refractivity contribution >= 4 is 5.97 Å². The summed E-state index contributed by atoms with van der Waals surface area (Å²) in [5.74, 6) is 3.32. The standard InChI is InChI=1S/C37H54O4/c1-3-5-7-8-9-10-11-13-29-39-34-23-21-33(22-24-34)37(38)41-36-27-25-35(26-28-36)40-30-14-16-32-19-17-31(18-20-32)15-12-6-4-2/h14,16,21-28,31-32H,3-13,15,17-20,29-30H2,1-2H3/b16-14+. The molecule has 0 bridgehead atoms. The van der Waals surface area contributed by atoms with E-state index in [1.165, 1.54) is 96.3 Å². The lowest BCUT2D eigenvalue weighted by molar-refractivity contribution is 0.0734. The minimum Gasteiger partial charge on any atom is -0.494 e. The van der Waals surface area contributed by atoms with Gasteiger partial charge in [0.05, 0.1) is 12.2 Å². The van der Waals surface area contributed by atoms with E-state index < -0.39 is 0 Å². The van der Waals surface area contributed by atoms with Crippen molar-refractivity contribution in [3.8, 4) is 17.2 Å². The molecule has 2 aromatic rings. The first-order chi connectivity index (χ1) is 20.2. The Bertz CT molecular complexity index is 971. The Balaban J connectivity index is 1.28. The molecule has 0 aromatic heterocycles. The second kappa shape index (κ2) is 20.2. The van der Waals surface area contributed by atoms with Crippen molar-refractivity contribution in [3.05, 3.63) is 66.2 Å². The van der Waals surface area contributed by atoms with E-state index in [1.807, 2.05) is 24.3 Å². The summed E-state index contributed by atoms with van der Waals surface area (Å²) < 4.78 is 17.3. The molecular formula is C37H54O4. The maximum Gasteiger partial charge on any atom is 0.343 e. The highest BCUT2D eigenvalue weighted by atomic mass is 16.5. The molecule has 0 aliphatic heterocycles. The third-order valence-corrected chi connectivity index (χ3v) is 8.25. The molecule has 0 atom stereocenters. The molecule has 41 heavy (non-hydrogen) atoms. The summed E-state index contributed by atoms with van der Waals surface area (Å²) in [5.41, 5.74) is 0.505. The monoisotopic (exact) mass is 562 g/mol. The summed E-state index contributed by atoms with van der Waals surface area (Å²) >= 11 is 0. The normalized spacial score (nSPS) is 17.0.